The van der Waals surface area contributed by atoms with Crippen LogP contribution in [0.4, 0.5) is 5.69 Å². The third-order valence-electron chi connectivity index (χ3n) is 5.16. The molecule has 0 saturated carbocycles. The van der Waals surface area contributed by atoms with Gasteiger partial charge in [0.25, 0.3) is 5.69 Å². The van der Waals surface area contributed by atoms with Gasteiger partial charge >= 0.3 is 0 Å². The Morgan fingerprint density at radius 1 is 1.21 bits per heavy atom. The number of amides is 1. The lowest BCUT2D eigenvalue weighted by atomic mass is 10.0. The molecule has 156 valence electrons. The fraction of sp³-hybridized carbons (Fsp3) is 0.588. The molecule has 2 heterocycles. The number of aryl methyl sites for hydroxylation is 1. The van der Waals surface area contributed by atoms with Gasteiger partial charge < -0.3 is 10.2 Å². The highest BCUT2D eigenvalue weighted by atomic mass is 35.5. The molecular formula is C17H25ClN4O5S. The third-order valence-corrected chi connectivity index (χ3v) is 7.20. The number of hydrogen-bond donors (Lipinski definition) is 1. The lowest BCUT2D eigenvalue weighted by molar-refractivity contribution is -0.385. The molecule has 0 bridgehead atoms. The highest BCUT2D eigenvalue weighted by Crippen LogP contribution is 2.25. The number of hydrogen-bond acceptors (Lipinski definition) is 6. The van der Waals surface area contributed by atoms with Crippen LogP contribution in [0, 0.1) is 17.0 Å². The largest absolute Gasteiger partial charge is 0.339 e. The number of nitro benzene ring substituents is 1. The zero-order chi connectivity index (χ0) is 19.6. The average Bonchev–Trinajstić information content (AvgIpc) is 2.68. The van der Waals surface area contributed by atoms with Crippen molar-refractivity contribution >= 4 is 34.0 Å². The Morgan fingerprint density at radius 3 is 2.46 bits per heavy atom. The van der Waals surface area contributed by atoms with Crippen LogP contribution in [0.3, 0.4) is 0 Å². The van der Waals surface area contributed by atoms with Crippen molar-refractivity contribution in [1.82, 2.24) is 14.5 Å². The van der Waals surface area contributed by atoms with Crippen molar-refractivity contribution in [2.45, 2.75) is 37.1 Å². The zero-order valence-electron chi connectivity index (χ0n) is 15.7. The van der Waals surface area contributed by atoms with Crippen molar-refractivity contribution in [3.8, 4) is 0 Å². The summed E-state index contributed by atoms with van der Waals surface area (Å²) in [6.45, 7) is 3.46. The first kappa shape index (κ1) is 22.5. The Labute approximate surface area is 170 Å². The van der Waals surface area contributed by atoms with Gasteiger partial charge in [0.05, 0.1) is 15.9 Å². The predicted molar refractivity (Wildman–Crippen MR) is 106 cm³/mol. The maximum atomic E-state index is 12.9. The summed E-state index contributed by atoms with van der Waals surface area (Å²) in [6.07, 6.45) is 2.90. The Morgan fingerprint density at radius 2 is 1.89 bits per heavy atom. The first-order valence-electron chi connectivity index (χ1n) is 9.08. The standard InChI is InChI=1S/C17H24N4O5S.ClH/c1-13-5-6-14(21(23)24)12-16(13)27(25,26)20-10-8-19(9-11-20)17(22)15-4-2-3-7-18-15;/h5-6,12,15,18H,2-4,7-11H2,1H3;1H. The molecule has 2 aliphatic heterocycles. The lowest BCUT2D eigenvalue weighted by Crippen LogP contribution is -2.55. The predicted octanol–water partition coefficient (Wildman–Crippen LogP) is 1.30. The normalized spacial score (nSPS) is 21.0. The van der Waals surface area contributed by atoms with Crippen molar-refractivity contribution in [1.29, 1.82) is 0 Å². The number of nitrogens with zero attached hydrogens (tertiary/aromatic N) is 3. The topological polar surface area (TPSA) is 113 Å². The van der Waals surface area contributed by atoms with E-state index in [4.69, 9.17) is 0 Å². The van der Waals surface area contributed by atoms with Gasteiger partial charge in [-0.25, -0.2) is 8.42 Å². The van der Waals surface area contributed by atoms with Crippen LogP contribution in [0.25, 0.3) is 0 Å². The van der Waals surface area contributed by atoms with E-state index < -0.39 is 14.9 Å². The molecule has 2 aliphatic rings. The Balaban J connectivity index is 0.00000280. The van der Waals surface area contributed by atoms with Gasteiger partial charge in [0.1, 0.15) is 0 Å². The monoisotopic (exact) mass is 432 g/mol. The molecule has 1 amide bonds. The van der Waals surface area contributed by atoms with Crippen LogP contribution in [-0.4, -0.2) is 67.2 Å². The van der Waals surface area contributed by atoms with Gasteiger partial charge in [0.2, 0.25) is 15.9 Å². The summed E-state index contributed by atoms with van der Waals surface area (Å²) >= 11 is 0. The van der Waals surface area contributed by atoms with Crippen LogP contribution >= 0.6 is 12.4 Å². The number of non-ortho nitro benzene ring substituents is 1. The Kier molecular flexibility index (Phi) is 7.38. The van der Waals surface area contributed by atoms with Gasteiger partial charge in [-0.05, 0) is 31.9 Å². The molecule has 1 unspecified atom stereocenters. The molecule has 0 spiro atoms. The molecule has 0 aromatic heterocycles. The van der Waals surface area contributed by atoms with Gasteiger partial charge in [-0.15, -0.1) is 12.4 Å². The summed E-state index contributed by atoms with van der Waals surface area (Å²) in [5, 5.41) is 14.2. The molecule has 1 atom stereocenters. The van der Waals surface area contributed by atoms with Gasteiger partial charge in [-0.2, -0.15) is 4.31 Å². The average molecular weight is 433 g/mol. The van der Waals surface area contributed by atoms with Crippen molar-refractivity contribution in [3.05, 3.63) is 33.9 Å². The van der Waals surface area contributed by atoms with Crippen LogP contribution < -0.4 is 5.32 Å². The molecule has 1 N–H and O–H groups in total. The van der Waals surface area contributed by atoms with Gasteiger partial charge in [0, 0.05) is 38.3 Å². The molecule has 1 aromatic carbocycles. The second-order valence-corrected chi connectivity index (χ2v) is 8.85. The summed E-state index contributed by atoms with van der Waals surface area (Å²) in [7, 11) is -3.85. The maximum absolute atomic E-state index is 12.9. The molecule has 2 fully saturated rings. The number of piperidine rings is 1. The maximum Gasteiger partial charge on any atom is 0.270 e. The highest BCUT2D eigenvalue weighted by Gasteiger charge is 2.34. The molecule has 3 rings (SSSR count). The number of carbonyl (C=O) groups excluding carboxylic acids is 1. The van der Waals surface area contributed by atoms with E-state index in [1.165, 1.54) is 16.4 Å². The van der Waals surface area contributed by atoms with E-state index >= 15 is 0 Å². The summed E-state index contributed by atoms with van der Waals surface area (Å²) in [6, 6.07) is 3.66. The number of nitrogens with one attached hydrogen (secondary N) is 1. The lowest BCUT2D eigenvalue weighted by Gasteiger charge is -2.36. The summed E-state index contributed by atoms with van der Waals surface area (Å²) in [5.74, 6) is 0.0262. The van der Waals surface area contributed by atoms with Crippen LogP contribution in [0.15, 0.2) is 23.1 Å². The molecule has 11 heteroatoms. The number of rotatable bonds is 4. The van der Waals surface area contributed by atoms with Crippen molar-refractivity contribution in [3.63, 3.8) is 0 Å². The number of sulfonamides is 1. The van der Waals surface area contributed by atoms with E-state index in [9.17, 15) is 23.3 Å². The minimum atomic E-state index is -3.85. The number of carbonyl (C=O) groups is 1. The van der Waals surface area contributed by atoms with Gasteiger partial charge in [0.15, 0.2) is 0 Å². The van der Waals surface area contributed by atoms with Crippen molar-refractivity contribution < 1.29 is 18.1 Å². The van der Waals surface area contributed by atoms with Gasteiger partial charge in [-0.1, -0.05) is 12.5 Å². The molecule has 9 nitrogen and oxygen atoms in total. The minimum absolute atomic E-state index is 0. The van der Waals surface area contributed by atoms with E-state index in [2.05, 4.69) is 5.32 Å². The quantitative estimate of drug-likeness (QED) is 0.566. The van der Waals surface area contributed by atoms with Crippen molar-refractivity contribution in [2.24, 2.45) is 0 Å². The molecule has 0 aliphatic carbocycles. The summed E-state index contributed by atoms with van der Waals surface area (Å²) in [5.41, 5.74) is 0.210. The number of halogens is 1. The smallest absolute Gasteiger partial charge is 0.270 e. The Hall–Kier alpha value is -1.75. The zero-order valence-corrected chi connectivity index (χ0v) is 17.3. The number of benzene rings is 1. The number of piperazine rings is 1. The summed E-state index contributed by atoms with van der Waals surface area (Å²) in [4.78, 5) is 24.6. The minimum Gasteiger partial charge on any atom is -0.339 e. The molecule has 0 radical (unpaired) electrons. The number of nitro groups is 1. The van der Waals surface area contributed by atoms with Crippen LogP contribution in [0.1, 0.15) is 24.8 Å². The molecule has 1 aromatic rings. The third kappa shape index (κ3) is 4.62. The van der Waals surface area contributed by atoms with Crippen LogP contribution in [0.2, 0.25) is 0 Å². The fourth-order valence-electron chi connectivity index (χ4n) is 3.55. The first-order valence-corrected chi connectivity index (χ1v) is 10.5. The SMILES string of the molecule is Cc1ccc([N+](=O)[O-])cc1S(=O)(=O)N1CCN(C(=O)C2CCCCN2)CC1.Cl. The molecule has 2 saturated heterocycles. The van der Waals surface area contributed by atoms with Crippen LogP contribution in [0.5, 0.6) is 0 Å². The highest BCUT2D eigenvalue weighted by molar-refractivity contribution is 7.89. The van der Waals surface area contributed by atoms with E-state index in [1.807, 2.05) is 0 Å². The second kappa shape index (κ2) is 9.17. The summed E-state index contributed by atoms with van der Waals surface area (Å²) < 4.78 is 27.2. The van der Waals surface area contributed by atoms with Crippen LogP contribution in [-0.2, 0) is 14.8 Å². The molecule has 28 heavy (non-hydrogen) atoms. The first-order chi connectivity index (χ1) is 12.8. The van der Waals surface area contributed by atoms with E-state index in [0.29, 0.717) is 18.7 Å². The van der Waals surface area contributed by atoms with Crippen molar-refractivity contribution in [2.75, 3.05) is 32.7 Å². The van der Waals surface area contributed by atoms with E-state index in [1.54, 1.807) is 11.8 Å². The van der Waals surface area contributed by atoms with Gasteiger partial charge in [-0.3, -0.25) is 14.9 Å². The van der Waals surface area contributed by atoms with E-state index in [0.717, 1.165) is 31.9 Å². The Bertz CT molecular complexity index is 834. The molecular weight excluding hydrogens is 408 g/mol. The fourth-order valence-corrected chi connectivity index (χ4v) is 5.22. The second-order valence-electron chi connectivity index (χ2n) is 6.94. The van der Waals surface area contributed by atoms with E-state index in [-0.39, 0.29) is 48.0 Å².